The number of aryl methyl sites for hydroxylation is 1. The number of rotatable bonds is 4. The Morgan fingerprint density at radius 3 is 2.62 bits per heavy atom. The van der Waals surface area contributed by atoms with E-state index in [1.165, 1.54) is 18.2 Å². The average molecular weight is 329 g/mol. The van der Waals surface area contributed by atoms with Crippen molar-refractivity contribution in [3.8, 4) is 0 Å². The molecule has 2 aromatic rings. The Kier molecular flexibility index (Phi) is 4.39. The summed E-state index contributed by atoms with van der Waals surface area (Å²) in [6.07, 6.45) is 0.508. The van der Waals surface area contributed by atoms with Gasteiger partial charge in [0.05, 0.1) is 10.6 Å². The number of nitrogens with one attached hydrogen (secondary N) is 1. The zero-order valence-electron chi connectivity index (χ0n) is 11.2. The predicted octanol–water partition coefficient (Wildman–Crippen LogP) is 3.42. The van der Waals surface area contributed by atoms with Crippen molar-refractivity contribution in [3.05, 3.63) is 52.8 Å². The number of nitrogen functional groups attached to an aromatic ring is 1. The average Bonchev–Trinajstić information content (AvgIpc) is 2.42. The van der Waals surface area contributed by atoms with Gasteiger partial charge in [-0.2, -0.15) is 0 Å². The van der Waals surface area contributed by atoms with Crippen LogP contribution in [0.25, 0.3) is 0 Å². The monoisotopic (exact) mass is 328 g/mol. The SMILES string of the molecule is CCc1ccc(N)cc1S(=O)(=O)Nc1cc(Cl)ccc1F. The highest BCUT2D eigenvalue weighted by Gasteiger charge is 2.20. The van der Waals surface area contributed by atoms with Crippen LogP contribution in [0.4, 0.5) is 15.8 Å². The number of benzene rings is 2. The molecular formula is C14H14ClFN2O2S. The first-order chi connectivity index (χ1) is 9.83. The molecule has 0 saturated heterocycles. The molecule has 0 amide bonds. The lowest BCUT2D eigenvalue weighted by atomic mass is 10.1. The minimum Gasteiger partial charge on any atom is -0.399 e. The molecule has 2 aromatic carbocycles. The van der Waals surface area contributed by atoms with Crippen molar-refractivity contribution in [1.82, 2.24) is 0 Å². The topological polar surface area (TPSA) is 72.2 Å². The quantitative estimate of drug-likeness (QED) is 0.845. The first-order valence-electron chi connectivity index (χ1n) is 6.19. The third-order valence-electron chi connectivity index (χ3n) is 2.93. The van der Waals surface area contributed by atoms with Crippen molar-refractivity contribution in [2.75, 3.05) is 10.5 Å². The summed E-state index contributed by atoms with van der Waals surface area (Å²) >= 11 is 5.75. The number of halogens is 2. The molecule has 0 aliphatic rings. The van der Waals surface area contributed by atoms with E-state index < -0.39 is 15.8 Å². The summed E-state index contributed by atoms with van der Waals surface area (Å²) in [5.41, 5.74) is 6.35. The van der Waals surface area contributed by atoms with Crippen molar-refractivity contribution < 1.29 is 12.8 Å². The van der Waals surface area contributed by atoms with Gasteiger partial charge in [0.2, 0.25) is 0 Å². The lowest BCUT2D eigenvalue weighted by Gasteiger charge is -2.13. The van der Waals surface area contributed by atoms with E-state index in [9.17, 15) is 12.8 Å². The van der Waals surface area contributed by atoms with Crippen LogP contribution >= 0.6 is 11.6 Å². The van der Waals surface area contributed by atoms with Gasteiger partial charge >= 0.3 is 0 Å². The molecule has 0 aliphatic carbocycles. The molecule has 0 bridgehead atoms. The molecule has 2 rings (SSSR count). The Morgan fingerprint density at radius 1 is 1.24 bits per heavy atom. The maximum absolute atomic E-state index is 13.7. The Balaban J connectivity index is 2.48. The van der Waals surface area contributed by atoms with Crippen LogP contribution in [0.15, 0.2) is 41.3 Å². The highest BCUT2D eigenvalue weighted by atomic mass is 35.5. The first kappa shape index (κ1) is 15.6. The molecule has 4 nitrogen and oxygen atoms in total. The number of sulfonamides is 1. The van der Waals surface area contributed by atoms with E-state index in [0.29, 0.717) is 17.7 Å². The molecule has 0 saturated carbocycles. The zero-order chi connectivity index (χ0) is 15.6. The maximum Gasteiger partial charge on any atom is 0.262 e. The normalized spacial score (nSPS) is 11.4. The zero-order valence-corrected chi connectivity index (χ0v) is 12.8. The van der Waals surface area contributed by atoms with Crippen molar-refractivity contribution >= 4 is 33.0 Å². The van der Waals surface area contributed by atoms with Crippen LogP contribution < -0.4 is 10.5 Å². The summed E-state index contributed by atoms with van der Waals surface area (Å²) in [7, 11) is -3.95. The van der Waals surface area contributed by atoms with Crippen LogP contribution in [0.1, 0.15) is 12.5 Å². The van der Waals surface area contributed by atoms with E-state index in [4.69, 9.17) is 17.3 Å². The van der Waals surface area contributed by atoms with Crippen molar-refractivity contribution in [2.45, 2.75) is 18.2 Å². The fourth-order valence-corrected chi connectivity index (χ4v) is 3.47. The summed E-state index contributed by atoms with van der Waals surface area (Å²) < 4.78 is 40.7. The van der Waals surface area contributed by atoms with E-state index in [-0.39, 0.29) is 15.6 Å². The lowest BCUT2D eigenvalue weighted by molar-refractivity contribution is 0.597. The predicted molar refractivity (Wildman–Crippen MR) is 82.5 cm³/mol. The van der Waals surface area contributed by atoms with E-state index in [1.807, 2.05) is 6.92 Å². The van der Waals surface area contributed by atoms with Crippen LogP contribution in [-0.2, 0) is 16.4 Å². The van der Waals surface area contributed by atoms with Crippen molar-refractivity contribution in [2.24, 2.45) is 0 Å². The molecule has 0 spiro atoms. The van der Waals surface area contributed by atoms with E-state index >= 15 is 0 Å². The molecule has 0 aliphatic heterocycles. The molecule has 112 valence electrons. The van der Waals surface area contributed by atoms with Crippen LogP contribution in [0.5, 0.6) is 0 Å². The number of anilines is 2. The van der Waals surface area contributed by atoms with Gasteiger partial charge < -0.3 is 5.73 Å². The van der Waals surface area contributed by atoms with Gasteiger partial charge in [-0.15, -0.1) is 0 Å². The van der Waals surface area contributed by atoms with Gasteiger partial charge in [-0.3, -0.25) is 4.72 Å². The minimum atomic E-state index is -3.95. The van der Waals surface area contributed by atoms with Gasteiger partial charge in [0.1, 0.15) is 5.82 Å². The molecule has 0 fully saturated rings. The number of hydrogen-bond donors (Lipinski definition) is 2. The second-order valence-electron chi connectivity index (χ2n) is 4.45. The van der Waals surface area contributed by atoms with Gasteiger partial charge in [0.15, 0.2) is 0 Å². The van der Waals surface area contributed by atoms with E-state index in [2.05, 4.69) is 4.72 Å². The van der Waals surface area contributed by atoms with Gasteiger partial charge in [0, 0.05) is 10.7 Å². The summed E-state index contributed by atoms with van der Waals surface area (Å²) in [5, 5.41) is 0.234. The van der Waals surface area contributed by atoms with Gasteiger partial charge in [-0.1, -0.05) is 24.6 Å². The highest BCUT2D eigenvalue weighted by Crippen LogP contribution is 2.25. The summed E-state index contributed by atoms with van der Waals surface area (Å²) in [6.45, 7) is 1.82. The Bertz CT molecular complexity index is 779. The second kappa shape index (κ2) is 5.91. The molecule has 0 unspecified atom stereocenters. The van der Waals surface area contributed by atoms with Crippen molar-refractivity contribution in [1.29, 1.82) is 0 Å². The molecule has 7 heteroatoms. The van der Waals surface area contributed by atoms with Crippen LogP contribution in [0.2, 0.25) is 5.02 Å². The van der Waals surface area contributed by atoms with Gasteiger partial charge in [-0.25, -0.2) is 12.8 Å². The lowest BCUT2D eigenvalue weighted by Crippen LogP contribution is -2.16. The number of hydrogen-bond acceptors (Lipinski definition) is 3. The maximum atomic E-state index is 13.7. The minimum absolute atomic E-state index is 0.0318. The summed E-state index contributed by atoms with van der Waals surface area (Å²) in [6, 6.07) is 8.26. The fraction of sp³-hybridized carbons (Fsp3) is 0.143. The third kappa shape index (κ3) is 3.46. The van der Waals surface area contributed by atoms with E-state index in [0.717, 1.165) is 6.07 Å². The first-order valence-corrected chi connectivity index (χ1v) is 8.06. The summed E-state index contributed by atoms with van der Waals surface area (Å²) in [4.78, 5) is 0.0318. The van der Waals surface area contributed by atoms with Crippen LogP contribution in [0.3, 0.4) is 0 Å². The Labute approximate surface area is 127 Å². The molecule has 0 radical (unpaired) electrons. The van der Waals surface area contributed by atoms with Gasteiger partial charge in [-0.05, 0) is 42.3 Å². The Hall–Kier alpha value is -1.79. The fourth-order valence-electron chi connectivity index (χ4n) is 1.89. The van der Waals surface area contributed by atoms with Crippen molar-refractivity contribution in [3.63, 3.8) is 0 Å². The standard InChI is InChI=1S/C14H14ClFN2O2S/c1-2-9-3-5-11(17)8-14(9)21(19,20)18-13-7-10(15)4-6-12(13)16/h3-8,18H,2,17H2,1H3. The smallest absolute Gasteiger partial charge is 0.262 e. The molecule has 3 N–H and O–H groups in total. The molecular weight excluding hydrogens is 315 g/mol. The molecule has 21 heavy (non-hydrogen) atoms. The van der Waals surface area contributed by atoms with E-state index in [1.54, 1.807) is 12.1 Å². The molecule has 0 aromatic heterocycles. The molecule has 0 heterocycles. The highest BCUT2D eigenvalue weighted by molar-refractivity contribution is 7.92. The third-order valence-corrected chi connectivity index (χ3v) is 4.62. The van der Waals surface area contributed by atoms with Gasteiger partial charge in [0.25, 0.3) is 10.0 Å². The largest absolute Gasteiger partial charge is 0.399 e. The van der Waals surface area contributed by atoms with Crippen LogP contribution in [0, 0.1) is 5.82 Å². The van der Waals surface area contributed by atoms with Crippen LogP contribution in [-0.4, -0.2) is 8.42 Å². The Morgan fingerprint density at radius 2 is 1.95 bits per heavy atom. The number of nitrogens with two attached hydrogens (primary N) is 1. The summed E-state index contributed by atoms with van der Waals surface area (Å²) in [5.74, 6) is -0.704. The molecule has 0 atom stereocenters. The second-order valence-corrected chi connectivity index (χ2v) is 6.54.